The van der Waals surface area contributed by atoms with E-state index < -0.39 is 40.3 Å². The minimum Gasteiger partial charge on any atom is -0.459 e. The van der Waals surface area contributed by atoms with E-state index in [0.29, 0.717) is 17.0 Å². The van der Waals surface area contributed by atoms with Crippen molar-refractivity contribution in [1.82, 2.24) is 5.32 Å². The lowest BCUT2D eigenvalue weighted by molar-refractivity contribution is -0.162. The molecule has 2 aromatic rings. The number of benzene rings is 2. The first-order valence-electron chi connectivity index (χ1n) is 11.8. The fourth-order valence-electron chi connectivity index (χ4n) is 5.27. The zero-order valence-electron chi connectivity index (χ0n) is 21.6. The van der Waals surface area contributed by atoms with E-state index in [1.54, 1.807) is 58.0 Å². The third-order valence-corrected chi connectivity index (χ3v) is 7.39. The van der Waals surface area contributed by atoms with Crippen LogP contribution < -0.4 is 5.32 Å². The van der Waals surface area contributed by atoms with Gasteiger partial charge in [0.2, 0.25) is 0 Å². The Hall–Kier alpha value is -1.84. The predicted molar refractivity (Wildman–Crippen MR) is 143 cm³/mol. The molecule has 194 valence electrons. The highest BCUT2D eigenvalue weighted by atomic mass is 35.5. The van der Waals surface area contributed by atoms with Crippen molar-refractivity contribution < 1.29 is 13.9 Å². The summed E-state index contributed by atoms with van der Waals surface area (Å²) in [7, 11) is 0. The summed E-state index contributed by atoms with van der Waals surface area (Å²) in [6, 6.07) is 11.4. The number of carbonyl (C=O) groups excluding carboxylic acids is 1. The number of ether oxygens (including phenoxy) is 1. The zero-order chi connectivity index (χ0) is 27.3. The molecule has 8 heteroatoms. The number of halogens is 4. The third-order valence-electron chi connectivity index (χ3n) is 6.55. The Morgan fingerprint density at radius 2 is 1.75 bits per heavy atom. The van der Waals surface area contributed by atoms with Gasteiger partial charge in [-0.1, -0.05) is 73.8 Å². The average Bonchev–Trinajstić information content (AvgIpc) is 2.97. The summed E-state index contributed by atoms with van der Waals surface area (Å²) < 4.78 is 21.6. The van der Waals surface area contributed by atoms with Crippen LogP contribution in [0.3, 0.4) is 0 Å². The SMILES string of the molecule is CC(C)(C)CC1NC(C)(C(=O)OC(C)(C)C)[C@H](c2cccc(Cl)c2F)C1(C#N)c1ccc(Cl)cc1Cl. The van der Waals surface area contributed by atoms with Gasteiger partial charge in [-0.05, 0) is 68.9 Å². The maximum atomic E-state index is 15.7. The molecule has 0 radical (unpaired) electrons. The number of hydrogen-bond acceptors (Lipinski definition) is 4. The summed E-state index contributed by atoms with van der Waals surface area (Å²) in [5.74, 6) is -2.32. The molecule has 4 nitrogen and oxygen atoms in total. The highest BCUT2D eigenvalue weighted by Crippen LogP contribution is 2.57. The Morgan fingerprint density at radius 1 is 1.11 bits per heavy atom. The lowest BCUT2D eigenvalue weighted by atomic mass is 9.60. The van der Waals surface area contributed by atoms with E-state index in [9.17, 15) is 10.1 Å². The molecule has 4 atom stereocenters. The fraction of sp³-hybridized carbons (Fsp3) is 0.500. The van der Waals surface area contributed by atoms with Crippen LogP contribution in [0.4, 0.5) is 4.39 Å². The van der Waals surface area contributed by atoms with Gasteiger partial charge in [-0.25, -0.2) is 4.39 Å². The van der Waals surface area contributed by atoms with Gasteiger partial charge in [0, 0.05) is 22.0 Å². The van der Waals surface area contributed by atoms with Crippen molar-refractivity contribution in [2.24, 2.45) is 5.41 Å². The summed E-state index contributed by atoms with van der Waals surface area (Å²) in [6.07, 6.45) is 0.483. The molecule has 0 amide bonds. The molecule has 0 aliphatic carbocycles. The van der Waals surface area contributed by atoms with Crippen molar-refractivity contribution in [1.29, 1.82) is 5.26 Å². The molecule has 1 fully saturated rings. The molecular formula is C28H32Cl3FN2O2. The van der Waals surface area contributed by atoms with Crippen LogP contribution in [0.1, 0.15) is 71.9 Å². The monoisotopic (exact) mass is 552 g/mol. The van der Waals surface area contributed by atoms with Crippen LogP contribution in [0.5, 0.6) is 0 Å². The maximum absolute atomic E-state index is 15.7. The fourth-order valence-corrected chi connectivity index (χ4v) is 6.02. The number of carbonyl (C=O) groups is 1. The average molecular weight is 554 g/mol. The van der Waals surface area contributed by atoms with Crippen molar-refractivity contribution in [3.8, 4) is 6.07 Å². The highest BCUT2D eigenvalue weighted by molar-refractivity contribution is 6.35. The predicted octanol–water partition coefficient (Wildman–Crippen LogP) is 7.84. The number of hydrogen-bond donors (Lipinski definition) is 1. The van der Waals surface area contributed by atoms with Crippen molar-refractivity contribution >= 4 is 40.8 Å². The lowest BCUT2D eigenvalue weighted by Crippen LogP contribution is -2.53. The lowest BCUT2D eigenvalue weighted by Gasteiger charge is -2.39. The Bertz CT molecular complexity index is 1210. The van der Waals surface area contributed by atoms with Crippen LogP contribution in [-0.4, -0.2) is 23.2 Å². The van der Waals surface area contributed by atoms with Crippen molar-refractivity contribution in [2.75, 3.05) is 0 Å². The summed E-state index contributed by atoms with van der Waals surface area (Å²) >= 11 is 19.1. The minimum absolute atomic E-state index is 0.104. The van der Waals surface area contributed by atoms with Crippen LogP contribution in [0.15, 0.2) is 36.4 Å². The van der Waals surface area contributed by atoms with Gasteiger partial charge < -0.3 is 4.74 Å². The maximum Gasteiger partial charge on any atom is 0.327 e. The third kappa shape index (κ3) is 5.24. The molecule has 1 aliphatic heterocycles. The number of rotatable bonds is 4. The second-order valence-electron chi connectivity index (χ2n) is 11.8. The van der Waals surface area contributed by atoms with Gasteiger partial charge in [-0.15, -0.1) is 0 Å². The first kappa shape index (κ1) is 28.7. The summed E-state index contributed by atoms with van der Waals surface area (Å²) in [5, 5.41) is 15.0. The number of nitrogens with zero attached hydrogens (tertiary/aromatic N) is 1. The van der Waals surface area contributed by atoms with Gasteiger partial charge in [0.1, 0.15) is 22.4 Å². The number of nitrogens with one attached hydrogen (secondary N) is 1. The van der Waals surface area contributed by atoms with Gasteiger partial charge in [0.25, 0.3) is 0 Å². The van der Waals surface area contributed by atoms with E-state index in [1.807, 2.05) is 20.8 Å². The normalized spacial score (nSPS) is 26.5. The number of nitriles is 1. The molecule has 1 heterocycles. The Balaban J connectivity index is 2.44. The van der Waals surface area contributed by atoms with Crippen molar-refractivity contribution in [3.05, 3.63) is 68.4 Å². The van der Waals surface area contributed by atoms with E-state index in [-0.39, 0.29) is 21.0 Å². The van der Waals surface area contributed by atoms with Gasteiger partial charge in [-0.2, -0.15) is 5.26 Å². The minimum atomic E-state index is -1.49. The molecule has 1 saturated heterocycles. The smallest absolute Gasteiger partial charge is 0.327 e. The van der Waals surface area contributed by atoms with Crippen LogP contribution in [0.2, 0.25) is 15.1 Å². The summed E-state index contributed by atoms with van der Waals surface area (Å²) in [5.41, 5.74) is -3.44. The van der Waals surface area contributed by atoms with Crippen molar-refractivity contribution in [2.45, 2.75) is 83.4 Å². The molecule has 0 saturated carbocycles. The standard InChI is InChI=1S/C28H32Cl3FN2O2/c1-25(2,3)14-21-28(15-33,18-12-11-16(29)13-20(18)31)23(17-9-8-10-19(30)22(17)32)27(7,34-21)24(35)36-26(4,5)6/h8-13,21,23,34H,14H2,1-7H3/t21?,23-,27?,28?/m0/s1. The van der Waals surface area contributed by atoms with E-state index in [2.05, 4.69) is 11.4 Å². The largest absolute Gasteiger partial charge is 0.459 e. The van der Waals surface area contributed by atoms with E-state index >= 15 is 4.39 Å². The molecule has 1 aliphatic rings. The van der Waals surface area contributed by atoms with E-state index in [1.165, 1.54) is 6.07 Å². The molecule has 0 aromatic heterocycles. The van der Waals surface area contributed by atoms with Gasteiger partial charge >= 0.3 is 5.97 Å². The molecule has 36 heavy (non-hydrogen) atoms. The van der Waals surface area contributed by atoms with Crippen LogP contribution in [0, 0.1) is 22.6 Å². The number of esters is 1. The van der Waals surface area contributed by atoms with Crippen molar-refractivity contribution in [3.63, 3.8) is 0 Å². The van der Waals surface area contributed by atoms with Gasteiger partial charge in [-0.3, -0.25) is 10.1 Å². The van der Waals surface area contributed by atoms with Crippen LogP contribution in [-0.2, 0) is 14.9 Å². The molecule has 1 N–H and O–H groups in total. The summed E-state index contributed by atoms with van der Waals surface area (Å²) in [6.45, 7) is 13.1. The molecule has 2 aromatic carbocycles. The molecular weight excluding hydrogens is 522 g/mol. The zero-order valence-corrected chi connectivity index (χ0v) is 23.9. The van der Waals surface area contributed by atoms with Crippen LogP contribution in [0.25, 0.3) is 0 Å². The first-order valence-corrected chi connectivity index (χ1v) is 12.9. The van der Waals surface area contributed by atoms with Gasteiger partial charge in [0.05, 0.1) is 11.1 Å². The Morgan fingerprint density at radius 3 is 2.28 bits per heavy atom. The summed E-state index contributed by atoms with van der Waals surface area (Å²) in [4.78, 5) is 13.8. The highest BCUT2D eigenvalue weighted by Gasteiger charge is 2.67. The molecule has 0 bridgehead atoms. The molecule has 0 spiro atoms. The molecule has 3 unspecified atom stereocenters. The second kappa shape index (κ2) is 9.80. The first-order chi connectivity index (χ1) is 16.5. The quantitative estimate of drug-likeness (QED) is 0.392. The van der Waals surface area contributed by atoms with E-state index in [4.69, 9.17) is 39.5 Å². The Kier molecular flexibility index (Phi) is 7.82. The van der Waals surface area contributed by atoms with Crippen LogP contribution >= 0.6 is 34.8 Å². The van der Waals surface area contributed by atoms with Gasteiger partial charge in [0.15, 0.2) is 0 Å². The second-order valence-corrected chi connectivity index (χ2v) is 13.1. The Labute approximate surface area is 228 Å². The topological polar surface area (TPSA) is 62.1 Å². The molecule has 3 rings (SSSR count). The van der Waals surface area contributed by atoms with E-state index in [0.717, 1.165) is 0 Å².